The molecule has 0 unspecified atom stereocenters. The second kappa shape index (κ2) is 16.4. The van der Waals surface area contributed by atoms with Crippen molar-refractivity contribution in [3.63, 3.8) is 0 Å². The van der Waals surface area contributed by atoms with Gasteiger partial charge in [0.1, 0.15) is 0 Å². The Kier molecular flexibility index (Phi) is 16.4. The fourth-order valence-electron chi connectivity index (χ4n) is 2.64. The molecule has 0 aliphatic rings. The molecule has 0 atom stereocenters. The molecular formula is C19H41BN. The first kappa shape index (κ1) is 21.0. The number of unbranched alkanes of at least 4 members (excludes halogenated alkanes) is 8. The van der Waals surface area contributed by atoms with Crippen LogP contribution in [0.5, 0.6) is 0 Å². The number of hydrogen-bond acceptors (Lipinski definition) is 1. The summed E-state index contributed by atoms with van der Waals surface area (Å²) in [7, 11) is 2.26. The summed E-state index contributed by atoms with van der Waals surface area (Å²) in [6.45, 7) is 10.4. The van der Waals surface area contributed by atoms with Gasteiger partial charge in [-0.3, -0.25) is 0 Å². The second-order valence-corrected chi connectivity index (χ2v) is 7.49. The zero-order chi connectivity index (χ0) is 15.8. The van der Waals surface area contributed by atoms with Gasteiger partial charge < -0.3 is 5.23 Å². The van der Waals surface area contributed by atoms with E-state index in [9.17, 15) is 0 Å². The molecule has 21 heavy (non-hydrogen) atoms. The zero-order valence-corrected chi connectivity index (χ0v) is 15.4. The molecule has 0 aromatic heterocycles. The molecule has 0 aliphatic heterocycles. The van der Waals surface area contributed by atoms with Crippen LogP contribution in [-0.2, 0) is 0 Å². The predicted molar refractivity (Wildman–Crippen MR) is 99.0 cm³/mol. The third kappa shape index (κ3) is 20.0. The average molecular weight is 294 g/mol. The van der Waals surface area contributed by atoms with Crippen LogP contribution < -0.4 is 5.23 Å². The van der Waals surface area contributed by atoms with Crippen LogP contribution in [0.2, 0.25) is 6.32 Å². The first-order valence-electron chi connectivity index (χ1n) is 9.68. The summed E-state index contributed by atoms with van der Waals surface area (Å²) in [5.74, 6) is 1.72. The highest BCUT2D eigenvalue weighted by Gasteiger charge is 1.97. The fourth-order valence-corrected chi connectivity index (χ4v) is 2.64. The summed E-state index contributed by atoms with van der Waals surface area (Å²) in [5.41, 5.74) is 0. The van der Waals surface area contributed by atoms with E-state index in [-0.39, 0.29) is 0 Å². The molecule has 2 heteroatoms. The van der Waals surface area contributed by atoms with Crippen molar-refractivity contribution in [2.75, 3.05) is 6.54 Å². The molecule has 0 aliphatic carbocycles. The Morgan fingerprint density at radius 3 is 1.62 bits per heavy atom. The van der Waals surface area contributed by atoms with Crippen molar-refractivity contribution in [1.82, 2.24) is 5.23 Å². The largest absolute Gasteiger partial charge is 0.360 e. The maximum atomic E-state index is 3.45. The molecule has 0 heterocycles. The molecule has 1 radical (unpaired) electrons. The van der Waals surface area contributed by atoms with Crippen molar-refractivity contribution < 1.29 is 0 Å². The summed E-state index contributed by atoms with van der Waals surface area (Å²) in [6, 6.07) is 0. The van der Waals surface area contributed by atoms with Gasteiger partial charge in [-0.05, 0) is 24.8 Å². The van der Waals surface area contributed by atoms with Crippen LogP contribution in [0.1, 0.15) is 98.3 Å². The Hall–Kier alpha value is 0.0249. The molecular weight excluding hydrogens is 253 g/mol. The third-order valence-electron chi connectivity index (χ3n) is 4.14. The van der Waals surface area contributed by atoms with Crippen LogP contribution in [0.25, 0.3) is 0 Å². The quantitative estimate of drug-likeness (QED) is 0.263. The van der Waals surface area contributed by atoms with Gasteiger partial charge in [-0.2, -0.15) is 0 Å². The zero-order valence-electron chi connectivity index (χ0n) is 15.4. The Morgan fingerprint density at radius 1 is 0.619 bits per heavy atom. The van der Waals surface area contributed by atoms with Gasteiger partial charge in [0.05, 0.1) is 0 Å². The lowest BCUT2D eigenvalue weighted by atomic mass is 9.84. The molecule has 0 saturated carbocycles. The lowest BCUT2D eigenvalue weighted by molar-refractivity contribution is 0.506. The fraction of sp³-hybridized carbons (Fsp3) is 1.00. The van der Waals surface area contributed by atoms with Crippen LogP contribution in [0.4, 0.5) is 0 Å². The normalized spacial score (nSPS) is 11.5. The smallest absolute Gasteiger partial charge is 0.205 e. The maximum absolute atomic E-state index is 3.45. The van der Waals surface area contributed by atoms with Crippen LogP contribution in [0.15, 0.2) is 0 Å². The molecule has 0 amide bonds. The van der Waals surface area contributed by atoms with Crippen LogP contribution in [0.3, 0.4) is 0 Å². The summed E-state index contributed by atoms with van der Waals surface area (Å²) in [4.78, 5) is 0. The van der Waals surface area contributed by atoms with Gasteiger partial charge in [-0.15, -0.1) is 0 Å². The molecule has 0 aromatic carbocycles. The second-order valence-electron chi connectivity index (χ2n) is 7.49. The molecule has 0 bridgehead atoms. The van der Waals surface area contributed by atoms with Crippen LogP contribution in [0, 0.1) is 11.8 Å². The van der Waals surface area contributed by atoms with E-state index in [0.29, 0.717) is 0 Å². The molecule has 1 N–H and O–H groups in total. The molecule has 0 fully saturated rings. The van der Waals surface area contributed by atoms with Gasteiger partial charge in [0.2, 0.25) is 7.41 Å². The standard InChI is InChI=1S/C19H41BN/c1-18(2)14-12-10-8-6-5-7-9-11-13-17-21-20-16-15-19(3)4/h18-19,21H,5-17H2,1-4H3. The minimum atomic E-state index is 0.827. The highest BCUT2D eigenvalue weighted by molar-refractivity contribution is 6.32. The summed E-state index contributed by atoms with van der Waals surface area (Å²) in [5, 5.41) is 3.45. The van der Waals surface area contributed by atoms with E-state index in [2.05, 4.69) is 40.3 Å². The molecule has 0 aromatic rings. The molecule has 0 saturated heterocycles. The lowest BCUT2D eigenvalue weighted by Crippen LogP contribution is -2.20. The van der Waals surface area contributed by atoms with Gasteiger partial charge in [-0.25, -0.2) is 0 Å². The average Bonchev–Trinajstić information content (AvgIpc) is 2.42. The van der Waals surface area contributed by atoms with E-state index in [1.807, 2.05) is 0 Å². The van der Waals surface area contributed by atoms with Crippen LogP contribution >= 0.6 is 0 Å². The predicted octanol–water partition coefficient (Wildman–Crippen LogP) is 6.22. The van der Waals surface area contributed by atoms with Crippen molar-refractivity contribution >= 4 is 7.41 Å². The van der Waals surface area contributed by atoms with Crippen molar-refractivity contribution in [1.29, 1.82) is 0 Å². The minimum absolute atomic E-state index is 0.827. The summed E-state index contributed by atoms with van der Waals surface area (Å²) >= 11 is 0. The van der Waals surface area contributed by atoms with Gasteiger partial charge in [0.15, 0.2) is 0 Å². The molecule has 0 rings (SSSR count). The first-order chi connectivity index (χ1) is 10.1. The number of rotatable bonds is 16. The topological polar surface area (TPSA) is 12.0 Å². The van der Waals surface area contributed by atoms with Crippen molar-refractivity contribution in [3.8, 4) is 0 Å². The Balaban J connectivity index is 2.96. The van der Waals surface area contributed by atoms with Gasteiger partial charge >= 0.3 is 0 Å². The molecule has 125 valence electrons. The van der Waals surface area contributed by atoms with Crippen LogP contribution in [-0.4, -0.2) is 14.0 Å². The number of hydrogen-bond donors (Lipinski definition) is 1. The summed E-state index contributed by atoms with van der Waals surface area (Å²) < 4.78 is 0. The molecule has 0 spiro atoms. The summed E-state index contributed by atoms with van der Waals surface area (Å²) in [6.07, 6.45) is 16.8. The van der Waals surface area contributed by atoms with E-state index < -0.39 is 0 Å². The Bertz CT molecular complexity index is 172. The maximum Gasteiger partial charge on any atom is 0.205 e. The minimum Gasteiger partial charge on any atom is -0.360 e. The monoisotopic (exact) mass is 294 g/mol. The van der Waals surface area contributed by atoms with Crippen molar-refractivity contribution in [3.05, 3.63) is 0 Å². The van der Waals surface area contributed by atoms with Gasteiger partial charge in [-0.1, -0.05) is 98.2 Å². The SMILES string of the molecule is CC(C)CC[B]NCCCCCCCCCCCC(C)C. The van der Waals surface area contributed by atoms with Crippen molar-refractivity contribution in [2.45, 2.75) is 105 Å². The Morgan fingerprint density at radius 2 is 1.10 bits per heavy atom. The third-order valence-corrected chi connectivity index (χ3v) is 4.14. The van der Waals surface area contributed by atoms with Crippen molar-refractivity contribution in [2.24, 2.45) is 11.8 Å². The highest BCUT2D eigenvalue weighted by Crippen LogP contribution is 2.12. The van der Waals surface area contributed by atoms with E-state index in [0.717, 1.165) is 11.8 Å². The van der Waals surface area contributed by atoms with E-state index in [1.54, 1.807) is 0 Å². The first-order valence-corrected chi connectivity index (χ1v) is 9.68. The van der Waals surface area contributed by atoms with E-state index >= 15 is 0 Å². The molecule has 1 nitrogen and oxygen atoms in total. The highest BCUT2D eigenvalue weighted by atomic mass is 14.7. The van der Waals surface area contributed by atoms with Gasteiger partial charge in [0, 0.05) is 0 Å². The van der Waals surface area contributed by atoms with Gasteiger partial charge in [0.25, 0.3) is 0 Å². The number of nitrogens with one attached hydrogen (secondary N) is 1. The van der Waals surface area contributed by atoms with E-state index in [1.165, 1.54) is 83.5 Å². The van der Waals surface area contributed by atoms with E-state index in [4.69, 9.17) is 0 Å². The Labute approximate surface area is 136 Å². The lowest BCUT2D eigenvalue weighted by Gasteiger charge is -2.06.